The van der Waals surface area contributed by atoms with Crippen molar-refractivity contribution in [2.24, 2.45) is 0 Å². The van der Waals surface area contributed by atoms with Crippen molar-refractivity contribution in [2.45, 2.75) is 6.42 Å². The molecule has 2 nitrogen and oxygen atoms in total. The van der Waals surface area contributed by atoms with E-state index in [-0.39, 0.29) is 18.0 Å². The average molecular weight is 199 g/mol. The first-order valence-corrected chi connectivity index (χ1v) is 3.65. The summed E-state index contributed by atoms with van der Waals surface area (Å²) in [4.78, 5) is 10.4. The van der Waals surface area contributed by atoms with Gasteiger partial charge in [-0.15, -0.1) is 12.4 Å². The zero-order valence-electron chi connectivity index (χ0n) is 7.06. The molecule has 0 radical (unpaired) electrons. The molecule has 0 spiro atoms. The van der Waals surface area contributed by atoms with Crippen LogP contribution in [-0.2, 0) is 11.2 Å². The largest absolute Gasteiger partial charge is 0.478 e. The quantitative estimate of drug-likeness (QED) is 0.757. The molecule has 0 aliphatic carbocycles. The van der Waals surface area contributed by atoms with E-state index in [0.717, 1.165) is 5.56 Å². The molecule has 0 amide bonds. The fourth-order valence-electron chi connectivity index (χ4n) is 0.918. The molecule has 70 valence electrons. The Hall–Kier alpha value is -1.28. The van der Waals surface area contributed by atoms with Gasteiger partial charge < -0.3 is 5.11 Å². The third-order valence-corrected chi connectivity index (χ3v) is 1.56. The van der Waals surface area contributed by atoms with Gasteiger partial charge in [-0.05, 0) is 5.56 Å². The van der Waals surface area contributed by atoms with Crippen LogP contribution < -0.4 is 0 Å². The van der Waals surface area contributed by atoms with Gasteiger partial charge in [0, 0.05) is 12.0 Å². The van der Waals surface area contributed by atoms with Crippen molar-refractivity contribution in [3.05, 3.63) is 48.0 Å². The number of rotatable bonds is 3. The Balaban J connectivity index is 0.00000144. The molecule has 0 aliphatic rings. The first-order valence-electron chi connectivity index (χ1n) is 3.65. The second-order valence-electron chi connectivity index (χ2n) is 2.57. The zero-order valence-corrected chi connectivity index (χ0v) is 7.88. The summed E-state index contributed by atoms with van der Waals surface area (Å²) in [7, 11) is 0. The van der Waals surface area contributed by atoms with Crippen LogP contribution in [0.1, 0.15) is 5.56 Å². The third kappa shape index (κ3) is 3.76. The minimum atomic E-state index is -0.932. The molecule has 1 rings (SSSR count). The second kappa shape index (κ2) is 5.38. The van der Waals surface area contributed by atoms with Gasteiger partial charge in [0.25, 0.3) is 0 Å². The molecule has 13 heavy (non-hydrogen) atoms. The first kappa shape index (κ1) is 11.7. The predicted octanol–water partition coefficient (Wildman–Crippen LogP) is 2.29. The van der Waals surface area contributed by atoms with E-state index in [9.17, 15) is 4.79 Å². The van der Waals surface area contributed by atoms with Crippen molar-refractivity contribution in [1.82, 2.24) is 0 Å². The Morgan fingerprint density at radius 1 is 1.31 bits per heavy atom. The highest BCUT2D eigenvalue weighted by Gasteiger charge is 2.03. The number of hydrogen-bond donors (Lipinski definition) is 1. The summed E-state index contributed by atoms with van der Waals surface area (Å²) in [6.45, 7) is 3.45. The highest BCUT2D eigenvalue weighted by Crippen LogP contribution is 2.05. The topological polar surface area (TPSA) is 37.3 Å². The minimum Gasteiger partial charge on any atom is -0.478 e. The van der Waals surface area contributed by atoms with E-state index in [2.05, 4.69) is 6.58 Å². The summed E-state index contributed by atoms with van der Waals surface area (Å²) in [6, 6.07) is 9.42. The molecular weight excluding hydrogens is 188 g/mol. The number of carboxylic acid groups (broad SMARTS) is 1. The van der Waals surface area contributed by atoms with Crippen LogP contribution in [0, 0.1) is 0 Å². The summed E-state index contributed by atoms with van der Waals surface area (Å²) in [5, 5.41) is 8.54. The van der Waals surface area contributed by atoms with E-state index in [0.29, 0.717) is 6.42 Å². The maximum atomic E-state index is 10.4. The normalized spacial score (nSPS) is 8.62. The molecule has 0 unspecified atom stereocenters. The number of carbonyl (C=O) groups is 1. The van der Waals surface area contributed by atoms with Crippen molar-refractivity contribution in [2.75, 3.05) is 0 Å². The molecule has 0 saturated carbocycles. The SMILES string of the molecule is C=C(Cc1ccccc1)C(=O)O.Cl. The van der Waals surface area contributed by atoms with E-state index in [4.69, 9.17) is 5.11 Å². The van der Waals surface area contributed by atoms with E-state index < -0.39 is 5.97 Å². The molecule has 1 N–H and O–H groups in total. The highest BCUT2D eigenvalue weighted by molar-refractivity contribution is 5.86. The summed E-state index contributed by atoms with van der Waals surface area (Å²) in [5.74, 6) is -0.932. The number of halogens is 1. The maximum absolute atomic E-state index is 10.4. The van der Waals surface area contributed by atoms with Gasteiger partial charge in [-0.1, -0.05) is 36.9 Å². The smallest absolute Gasteiger partial charge is 0.331 e. The van der Waals surface area contributed by atoms with Crippen molar-refractivity contribution < 1.29 is 9.90 Å². The Kier molecular flexibility index (Phi) is 4.85. The predicted molar refractivity (Wildman–Crippen MR) is 54.2 cm³/mol. The fraction of sp³-hybridized carbons (Fsp3) is 0.100. The standard InChI is InChI=1S/C10H10O2.ClH/c1-8(10(11)12)7-9-5-3-2-4-6-9;/h2-6H,1,7H2,(H,11,12);1H. The molecular formula is C10H11ClO2. The average Bonchev–Trinajstić information content (AvgIpc) is 2.06. The Labute approximate surface area is 83.3 Å². The second-order valence-corrected chi connectivity index (χ2v) is 2.57. The monoisotopic (exact) mass is 198 g/mol. The van der Waals surface area contributed by atoms with Crippen molar-refractivity contribution >= 4 is 18.4 Å². The van der Waals surface area contributed by atoms with Crippen molar-refractivity contribution in [3.63, 3.8) is 0 Å². The molecule has 0 heterocycles. The van der Waals surface area contributed by atoms with Crippen LogP contribution in [0.15, 0.2) is 42.5 Å². The lowest BCUT2D eigenvalue weighted by molar-refractivity contribution is -0.132. The number of carboxylic acids is 1. The summed E-state index contributed by atoms with van der Waals surface area (Å²) >= 11 is 0. The molecule has 1 aromatic carbocycles. The molecule has 1 aromatic rings. The number of hydrogen-bond acceptors (Lipinski definition) is 1. The van der Waals surface area contributed by atoms with Crippen LogP contribution in [0.25, 0.3) is 0 Å². The van der Waals surface area contributed by atoms with Gasteiger partial charge in [0.2, 0.25) is 0 Å². The van der Waals surface area contributed by atoms with E-state index in [1.165, 1.54) is 0 Å². The maximum Gasteiger partial charge on any atom is 0.331 e. The van der Waals surface area contributed by atoms with E-state index in [1.54, 1.807) is 0 Å². The lowest BCUT2D eigenvalue weighted by Gasteiger charge is -1.99. The molecule has 0 bridgehead atoms. The fourth-order valence-corrected chi connectivity index (χ4v) is 0.918. The highest BCUT2D eigenvalue weighted by atomic mass is 35.5. The first-order chi connectivity index (χ1) is 5.70. The van der Waals surface area contributed by atoms with Crippen LogP contribution in [0.5, 0.6) is 0 Å². The van der Waals surface area contributed by atoms with Gasteiger partial charge in [0.05, 0.1) is 0 Å². The van der Waals surface area contributed by atoms with Gasteiger partial charge in [0.1, 0.15) is 0 Å². The number of aliphatic carboxylic acids is 1. The summed E-state index contributed by atoms with van der Waals surface area (Å²) < 4.78 is 0. The van der Waals surface area contributed by atoms with E-state index in [1.807, 2.05) is 30.3 Å². The molecule has 0 atom stereocenters. The Morgan fingerprint density at radius 3 is 2.31 bits per heavy atom. The van der Waals surface area contributed by atoms with Gasteiger partial charge in [0.15, 0.2) is 0 Å². The number of benzene rings is 1. The van der Waals surface area contributed by atoms with Crippen LogP contribution in [0.2, 0.25) is 0 Å². The molecule has 0 aromatic heterocycles. The van der Waals surface area contributed by atoms with Gasteiger partial charge in [-0.25, -0.2) is 4.79 Å². The lowest BCUT2D eigenvalue weighted by Crippen LogP contribution is -2.01. The third-order valence-electron chi connectivity index (χ3n) is 1.56. The summed E-state index contributed by atoms with van der Waals surface area (Å²) in [5.41, 5.74) is 1.20. The summed E-state index contributed by atoms with van der Waals surface area (Å²) in [6.07, 6.45) is 0.413. The lowest BCUT2D eigenvalue weighted by atomic mass is 10.1. The Morgan fingerprint density at radius 2 is 1.85 bits per heavy atom. The van der Waals surface area contributed by atoms with Gasteiger partial charge in [-0.3, -0.25) is 0 Å². The van der Waals surface area contributed by atoms with Crippen LogP contribution in [-0.4, -0.2) is 11.1 Å². The van der Waals surface area contributed by atoms with E-state index >= 15 is 0 Å². The van der Waals surface area contributed by atoms with Crippen molar-refractivity contribution in [1.29, 1.82) is 0 Å². The van der Waals surface area contributed by atoms with Crippen LogP contribution in [0.4, 0.5) is 0 Å². The molecule has 0 aliphatic heterocycles. The van der Waals surface area contributed by atoms with Gasteiger partial charge >= 0.3 is 5.97 Å². The molecule has 0 saturated heterocycles. The van der Waals surface area contributed by atoms with Crippen LogP contribution >= 0.6 is 12.4 Å². The molecule has 0 fully saturated rings. The Bertz CT molecular complexity index is 293. The minimum absolute atomic E-state index is 0. The molecule has 3 heteroatoms. The van der Waals surface area contributed by atoms with Crippen molar-refractivity contribution in [3.8, 4) is 0 Å². The zero-order chi connectivity index (χ0) is 8.97. The van der Waals surface area contributed by atoms with Gasteiger partial charge in [-0.2, -0.15) is 0 Å². The van der Waals surface area contributed by atoms with Crippen LogP contribution in [0.3, 0.4) is 0 Å².